The number of likely N-dealkylation sites (tertiary alicyclic amines) is 1. The number of aliphatic hydroxyl groups is 1. The molecule has 176 valence electrons. The van der Waals surface area contributed by atoms with Gasteiger partial charge in [-0.1, -0.05) is 6.07 Å². The molecule has 1 amide bonds. The van der Waals surface area contributed by atoms with Gasteiger partial charge in [0.15, 0.2) is 11.5 Å². The van der Waals surface area contributed by atoms with E-state index in [0.29, 0.717) is 50.5 Å². The zero-order chi connectivity index (χ0) is 23.2. The molecule has 2 aromatic rings. The van der Waals surface area contributed by atoms with Crippen molar-refractivity contribution < 1.29 is 28.8 Å². The first-order valence-electron chi connectivity index (χ1n) is 11.3. The van der Waals surface area contributed by atoms with Crippen LogP contribution in [0.3, 0.4) is 0 Å². The topological polar surface area (TPSA) is 80.7 Å². The molecule has 0 saturated carbocycles. The average molecular weight is 455 g/mol. The Morgan fingerprint density at radius 2 is 1.76 bits per heavy atom. The number of anilines is 1. The molecule has 8 nitrogen and oxygen atoms in total. The molecule has 2 saturated heterocycles. The Hall–Kier alpha value is -2.97. The number of benzene rings is 2. The molecule has 3 aliphatic heterocycles. The van der Waals surface area contributed by atoms with Crippen LogP contribution >= 0.6 is 0 Å². The first-order valence-corrected chi connectivity index (χ1v) is 11.3. The standard InChI is InChI=1S/C25H30N2O6/c1-24(2)32-21-9-4-17(14-22(21)33-24)25(29)10-12-26(13-11-25)15-20-16-27(23(28)31-20)18-5-7-19(30-3)8-6-18/h4-9,14,20,29H,10-13,15-16H2,1-3H3. The maximum Gasteiger partial charge on any atom is 0.414 e. The summed E-state index contributed by atoms with van der Waals surface area (Å²) in [6.07, 6.45) is 0.651. The minimum absolute atomic E-state index is 0.210. The van der Waals surface area contributed by atoms with E-state index in [1.807, 2.05) is 56.3 Å². The summed E-state index contributed by atoms with van der Waals surface area (Å²) in [5, 5.41) is 11.3. The second-order valence-electron chi connectivity index (χ2n) is 9.41. The fourth-order valence-electron chi connectivity index (χ4n) is 4.78. The van der Waals surface area contributed by atoms with Crippen molar-refractivity contribution in [1.29, 1.82) is 0 Å². The van der Waals surface area contributed by atoms with Crippen LogP contribution < -0.4 is 19.1 Å². The highest BCUT2D eigenvalue weighted by Gasteiger charge is 2.39. The van der Waals surface area contributed by atoms with E-state index in [2.05, 4.69) is 4.90 Å². The lowest BCUT2D eigenvalue weighted by Crippen LogP contribution is -2.45. The Kier molecular flexibility index (Phi) is 5.37. The number of nitrogens with zero attached hydrogens (tertiary/aromatic N) is 2. The predicted octanol–water partition coefficient (Wildman–Crippen LogP) is 3.51. The molecule has 33 heavy (non-hydrogen) atoms. The number of cyclic esters (lactones) is 1. The molecule has 2 aromatic carbocycles. The lowest BCUT2D eigenvalue weighted by molar-refractivity contribution is -0.0439. The van der Waals surface area contributed by atoms with E-state index in [9.17, 15) is 9.90 Å². The molecular weight excluding hydrogens is 424 g/mol. The van der Waals surface area contributed by atoms with Crippen LogP contribution in [-0.4, -0.2) is 61.3 Å². The van der Waals surface area contributed by atoms with E-state index >= 15 is 0 Å². The average Bonchev–Trinajstić information content (AvgIpc) is 3.32. The number of hydrogen-bond acceptors (Lipinski definition) is 7. The molecule has 1 unspecified atom stereocenters. The van der Waals surface area contributed by atoms with E-state index in [4.69, 9.17) is 18.9 Å². The number of rotatable bonds is 5. The third-order valence-corrected chi connectivity index (χ3v) is 6.60. The molecule has 1 N–H and O–H groups in total. The first kappa shape index (κ1) is 21.9. The largest absolute Gasteiger partial charge is 0.497 e. The maximum absolute atomic E-state index is 12.4. The smallest absolute Gasteiger partial charge is 0.414 e. The summed E-state index contributed by atoms with van der Waals surface area (Å²) >= 11 is 0. The van der Waals surface area contributed by atoms with Crippen LogP contribution in [-0.2, 0) is 10.3 Å². The third kappa shape index (κ3) is 4.32. The summed E-state index contributed by atoms with van der Waals surface area (Å²) in [5.41, 5.74) is 0.728. The summed E-state index contributed by atoms with van der Waals surface area (Å²) < 4.78 is 22.4. The zero-order valence-corrected chi connectivity index (χ0v) is 19.2. The van der Waals surface area contributed by atoms with E-state index in [1.54, 1.807) is 12.0 Å². The Morgan fingerprint density at radius 3 is 2.45 bits per heavy atom. The molecule has 0 bridgehead atoms. The van der Waals surface area contributed by atoms with Crippen molar-refractivity contribution in [3.63, 3.8) is 0 Å². The Bertz CT molecular complexity index is 1030. The summed E-state index contributed by atoms with van der Waals surface area (Å²) in [7, 11) is 1.61. The highest BCUT2D eigenvalue weighted by Crippen LogP contribution is 2.43. The number of amides is 1. The van der Waals surface area contributed by atoms with Crippen molar-refractivity contribution in [3.8, 4) is 17.2 Å². The van der Waals surface area contributed by atoms with Crippen LogP contribution in [0.25, 0.3) is 0 Å². The van der Waals surface area contributed by atoms with E-state index in [-0.39, 0.29) is 12.2 Å². The summed E-state index contributed by atoms with van der Waals surface area (Å²) in [6, 6.07) is 13.1. The molecule has 0 radical (unpaired) electrons. The van der Waals surface area contributed by atoms with Crippen LogP contribution in [0, 0.1) is 0 Å². The van der Waals surface area contributed by atoms with Crippen molar-refractivity contribution in [2.45, 2.75) is 44.2 Å². The second kappa shape index (κ2) is 8.11. The monoisotopic (exact) mass is 454 g/mol. The van der Waals surface area contributed by atoms with Crippen molar-refractivity contribution in [2.24, 2.45) is 0 Å². The second-order valence-corrected chi connectivity index (χ2v) is 9.41. The number of carbonyl (C=O) groups excluding carboxylic acids is 1. The molecule has 0 spiro atoms. The van der Waals surface area contributed by atoms with Crippen LogP contribution in [0.15, 0.2) is 42.5 Å². The molecule has 0 aromatic heterocycles. The summed E-state index contributed by atoms with van der Waals surface area (Å²) in [5.74, 6) is 1.43. The highest BCUT2D eigenvalue weighted by molar-refractivity contribution is 5.89. The lowest BCUT2D eigenvalue weighted by Gasteiger charge is -2.39. The van der Waals surface area contributed by atoms with Gasteiger partial charge in [0.2, 0.25) is 5.79 Å². The number of ether oxygens (including phenoxy) is 4. The Balaban J connectivity index is 1.18. The van der Waals surface area contributed by atoms with Crippen molar-refractivity contribution in [1.82, 2.24) is 4.90 Å². The predicted molar refractivity (Wildman–Crippen MR) is 122 cm³/mol. The quantitative estimate of drug-likeness (QED) is 0.741. The number of carbonyl (C=O) groups is 1. The lowest BCUT2D eigenvalue weighted by atomic mass is 9.84. The van der Waals surface area contributed by atoms with Crippen LogP contribution in [0.4, 0.5) is 10.5 Å². The molecule has 5 rings (SSSR count). The summed E-state index contributed by atoms with van der Waals surface area (Å²) in [6.45, 7) is 6.31. The van der Waals surface area contributed by atoms with Crippen LogP contribution in [0.5, 0.6) is 17.2 Å². The SMILES string of the molecule is COc1ccc(N2CC(CN3CCC(O)(c4ccc5c(c4)OC(C)(C)O5)CC3)OC2=O)cc1. The fourth-order valence-corrected chi connectivity index (χ4v) is 4.78. The molecule has 0 aliphatic carbocycles. The first-order chi connectivity index (χ1) is 15.7. The van der Waals surface area contributed by atoms with Crippen molar-refractivity contribution in [3.05, 3.63) is 48.0 Å². The number of methoxy groups -OCH3 is 1. The van der Waals surface area contributed by atoms with Crippen molar-refractivity contribution >= 4 is 11.8 Å². The van der Waals surface area contributed by atoms with Gasteiger partial charge >= 0.3 is 6.09 Å². The number of fused-ring (bicyclic) bond motifs is 1. The number of piperidine rings is 1. The van der Waals surface area contributed by atoms with Gasteiger partial charge in [-0.3, -0.25) is 9.80 Å². The van der Waals surface area contributed by atoms with Gasteiger partial charge in [0, 0.05) is 39.2 Å². The van der Waals surface area contributed by atoms with Gasteiger partial charge in [0.05, 0.1) is 19.3 Å². The molecular formula is C25H30N2O6. The van der Waals surface area contributed by atoms with Gasteiger partial charge in [-0.05, 0) is 54.8 Å². The zero-order valence-electron chi connectivity index (χ0n) is 19.2. The van der Waals surface area contributed by atoms with E-state index < -0.39 is 11.4 Å². The van der Waals surface area contributed by atoms with Crippen LogP contribution in [0.2, 0.25) is 0 Å². The van der Waals surface area contributed by atoms with Gasteiger partial charge in [0.1, 0.15) is 11.9 Å². The van der Waals surface area contributed by atoms with Crippen LogP contribution in [0.1, 0.15) is 32.3 Å². The fraction of sp³-hybridized carbons (Fsp3) is 0.480. The number of hydrogen-bond donors (Lipinski definition) is 1. The van der Waals surface area contributed by atoms with Gasteiger partial charge in [-0.15, -0.1) is 0 Å². The van der Waals surface area contributed by atoms with Gasteiger partial charge in [0.25, 0.3) is 0 Å². The van der Waals surface area contributed by atoms with E-state index in [1.165, 1.54) is 0 Å². The normalized spacial score (nSPS) is 23.5. The minimum Gasteiger partial charge on any atom is -0.497 e. The maximum atomic E-state index is 12.4. The summed E-state index contributed by atoms with van der Waals surface area (Å²) in [4.78, 5) is 16.3. The van der Waals surface area contributed by atoms with E-state index in [0.717, 1.165) is 17.0 Å². The molecule has 3 aliphatic rings. The minimum atomic E-state index is -0.914. The molecule has 2 fully saturated rings. The Labute approximate surface area is 193 Å². The molecule has 1 atom stereocenters. The Morgan fingerprint density at radius 1 is 1.06 bits per heavy atom. The van der Waals surface area contributed by atoms with Gasteiger partial charge in [-0.2, -0.15) is 0 Å². The molecule has 3 heterocycles. The van der Waals surface area contributed by atoms with Gasteiger partial charge < -0.3 is 24.1 Å². The highest BCUT2D eigenvalue weighted by atomic mass is 16.7. The van der Waals surface area contributed by atoms with Crippen molar-refractivity contribution in [2.75, 3.05) is 38.2 Å². The van der Waals surface area contributed by atoms with Gasteiger partial charge in [-0.25, -0.2) is 4.79 Å². The molecule has 8 heteroatoms. The third-order valence-electron chi connectivity index (χ3n) is 6.60.